The van der Waals surface area contributed by atoms with Crippen molar-refractivity contribution in [3.63, 3.8) is 0 Å². The van der Waals surface area contributed by atoms with Crippen LogP contribution in [0.3, 0.4) is 0 Å². The number of halogens is 1. The Morgan fingerprint density at radius 2 is 2.00 bits per heavy atom. The van der Waals surface area contributed by atoms with Gasteiger partial charge in [0.2, 0.25) is 5.91 Å². The van der Waals surface area contributed by atoms with Crippen LogP contribution in [0.1, 0.15) is 26.3 Å². The van der Waals surface area contributed by atoms with E-state index in [0.29, 0.717) is 5.56 Å². The molecule has 1 N–H and O–H groups in total. The van der Waals surface area contributed by atoms with Crippen molar-refractivity contribution in [2.45, 2.75) is 32.8 Å². The van der Waals surface area contributed by atoms with Gasteiger partial charge < -0.3 is 0 Å². The molecule has 1 aromatic rings. The van der Waals surface area contributed by atoms with Crippen LogP contribution >= 0.6 is 0 Å². The zero-order valence-electron chi connectivity index (χ0n) is 9.71. The van der Waals surface area contributed by atoms with Crippen molar-refractivity contribution >= 4 is 5.91 Å². The number of hydrogen-bond donors (Lipinski definition) is 1. The summed E-state index contributed by atoms with van der Waals surface area (Å²) in [5, 5.41) is 0. The summed E-state index contributed by atoms with van der Waals surface area (Å²) in [7, 11) is 0. The number of amides is 1. The number of carbonyl (C=O) groups excluding carboxylic acids is 1. The largest absolute Gasteiger partial charge is 0.272 e. The van der Waals surface area contributed by atoms with E-state index >= 15 is 0 Å². The fraction of sp³-hybridized carbons (Fsp3) is 0.417. The number of nitrogens with one attached hydrogen (secondary N) is 1. The monoisotopic (exact) mass is 225 g/mol. The van der Waals surface area contributed by atoms with Gasteiger partial charge in [0.1, 0.15) is 5.82 Å². The van der Waals surface area contributed by atoms with Crippen LogP contribution in [-0.4, -0.2) is 11.5 Å². The summed E-state index contributed by atoms with van der Waals surface area (Å²) < 4.78 is 13.2. The van der Waals surface area contributed by atoms with E-state index < -0.39 is 5.60 Å². The minimum absolute atomic E-state index is 0.0250. The summed E-state index contributed by atoms with van der Waals surface area (Å²) in [6.07, 6.45) is -0.0250. The third kappa shape index (κ3) is 4.40. The molecule has 0 aliphatic heterocycles. The van der Waals surface area contributed by atoms with E-state index in [9.17, 15) is 9.18 Å². The van der Waals surface area contributed by atoms with Gasteiger partial charge >= 0.3 is 0 Å². The third-order valence-corrected chi connectivity index (χ3v) is 1.78. The topological polar surface area (TPSA) is 38.3 Å². The molecule has 0 aliphatic carbocycles. The Hall–Kier alpha value is -1.42. The Labute approximate surface area is 94.6 Å². The van der Waals surface area contributed by atoms with Gasteiger partial charge in [0, 0.05) is 0 Å². The highest BCUT2D eigenvalue weighted by Gasteiger charge is 2.13. The summed E-state index contributed by atoms with van der Waals surface area (Å²) in [6.45, 7) is 5.45. The van der Waals surface area contributed by atoms with Gasteiger partial charge in [-0.1, -0.05) is 18.2 Å². The fourth-order valence-electron chi connectivity index (χ4n) is 1.06. The van der Waals surface area contributed by atoms with Crippen molar-refractivity contribution in [2.75, 3.05) is 0 Å². The van der Waals surface area contributed by atoms with E-state index in [0.717, 1.165) is 0 Å². The fourth-order valence-corrected chi connectivity index (χ4v) is 1.06. The van der Waals surface area contributed by atoms with Gasteiger partial charge in [-0.05, 0) is 32.4 Å². The zero-order valence-corrected chi connectivity index (χ0v) is 9.71. The second kappa shape index (κ2) is 5.07. The molecule has 3 nitrogen and oxygen atoms in total. The van der Waals surface area contributed by atoms with E-state index in [4.69, 9.17) is 4.84 Å². The molecule has 16 heavy (non-hydrogen) atoms. The summed E-state index contributed by atoms with van der Waals surface area (Å²) >= 11 is 0. The van der Waals surface area contributed by atoms with Crippen LogP contribution in [0.5, 0.6) is 0 Å². The second-order valence-corrected chi connectivity index (χ2v) is 4.51. The Morgan fingerprint density at radius 3 is 2.56 bits per heavy atom. The lowest BCUT2D eigenvalue weighted by Crippen LogP contribution is -2.34. The third-order valence-electron chi connectivity index (χ3n) is 1.78. The first kappa shape index (κ1) is 12.6. The molecular formula is C12H16FNO2. The lowest BCUT2D eigenvalue weighted by molar-refractivity contribution is -0.144. The molecule has 88 valence electrons. The first-order valence-electron chi connectivity index (χ1n) is 5.09. The Balaban J connectivity index is 2.50. The van der Waals surface area contributed by atoms with Gasteiger partial charge in [-0.25, -0.2) is 9.87 Å². The summed E-state index contributed by atoms with van der Waals surface area (Å²) in [6, 6.07) is 6.18. The zero-order chi connectivity index (χ0) is 12.2. The number of hydrogen-bond acceptors (Lipinski definition) is 2. The first-order valence-corrected chi connectivity index (χ1v) is 5.09. The molecule has 0 bridgehead atoms. The van der Waals surface area contributed by atoms with E-state index in [-0.39, 0.29) is 18.1 Å². The molecule has 1 rings (SSSR count). The van der Waals surface area contributed by atoms with Gasteiger partial charge in [-0.3, -0.25) is 9.63 Å². The lowest BCUT2D eigenvalue weighted by atomic mass is 10.1. The van der Waals surface area contributed by atoms with Gasteiger partial charge in [-0.15, -0.1) is 0 Å². The normalized spacial score (nSPS) is 11.2. The van der Waals surface area contributed by atoms with E-state index in [1.165, 1.54) is 6.07 Å². The van der Waals surface area contributed by atoms with E-state index in [1.807, 2.05) is 20.8 Å². The highest BCUT2D eigenvalue weighted by atomic mass is 19.1. The van der Waals surface area contributed by atoms with Gasteiger partial charge in [-0.2, -0.15) is 0 Å². The Bertz CT molecular complexity index is 372. The van der Waals surface area contributed by atoms with Crippen molar-refractivity contribution in [1.29, 1.82) is 0 Å². The van der Waals surface area contributed by atoms with Crippen molar-refractivity contribution in [1.82, 2.24) is 5.48 Å². The standard InChI is InChI=1S/C12H16FNO2/c1-12(2,3)16-14-11(15)8-9-6-4-5-7-10(9)13/h4-7H,8H2,1-3H3,(H,14,15). The molecule has 0 heterocycles. The molecule has 0 saturated carbocycles. The molecule has 0 aliphatic rings. The minimum Gasteiger partial charge on any atom is -0.272 e. The quantitative estimate of drug-likeness (QED) is 0.801. The van der Waals surface area contributed by atoms with E-state index in [1.54, 1.807) is 18.2 Å². The van der Waals surface area contributed by atoms with Crippen LogP contribution in [0.15, 0.2) is 24.3 Å². The van der Waals surface area contributed by atoms with Crippen molar-refractivity contribution in [3.05, 3.63) is 35.6 Å². The highest BCUT2D eigenvalue weighted by Crippen LogP contribution is 2.08. The van der Waals surface area contributed by atoms with Crippen LogP contribution in [0.2, 0.25) is 0 Å². The molecule has 0 saturated heterocycles. The number of hydroxylamine groups is 1. The van der Waals surface area contributed by atoms with Crippen LogP contribution < -0.4 is 5.48 Å². The number of rotatable bonds is 3. The Kier molecular flexibility index (Phi) is 4.01. The first-order chi connectivity index (χ1) is 7.38. The minimum atomic E-state index is -0.453. The summed E-state index contributed by atoms with van der Waals surface area (Å²) in [4.78, 5) is 16.5. The number of carbonyl (C=O) groups is 1. The molecule has 0 aromatic heterocycles. The van der Waals surface area contributed by atoms with Gasteiger partial charge in [0.05, 0.1) is 12.0 Å². The van der Waals surface area contributed by atoms with Crippen molar-refractivity contribution in [3.8, 4) is 0 Å². The maximum atomic E-state index is 13.2. The summed E-state index contributed by atoms with van der Waals surface area (Å²) in [5.41, 5.74) is 2.20. The molecule has 0 atom stereocenters. The van der Waals surface area contributed by atoms with Crippen LogP contribution in [-0.2, 0) is 16.1 Å². The average Bonchev–Trinajstić information content (AvgIpc) is 2.18. The smallest absolute Gasteiger partial charge is 0.248 e. The molecule has 0 unspecified atom stereocenters. The maximum absolute atomic E-state index is 13.2. The van der Waals surface area contributed by atoms with E-state index in [2.05, 4.69) is 5.48 Å². The molecular weight excluding hydrogens is 209 g/mol. The van der Waals surface area contributed by atoms with Crippen LogP contribution in [0.25, 0.3) is 0 Å². The highest BCUT2D eigenvalue weighted by molar-refractivity contribution is 5.77. The summed E-state index contributed by atoms with van der Waals surface area (Å²) in [5.74, 6) is -0.742. The molecule has 0 fully saturated rings. The molecule has 4 heteroatoms. The number of benzene rings is 1. The Morgan fingerprint density at radius 1 is 1.38 bits per heavy atom. The van der Waals surface area contributed by atoms with Crippen molar-refractivity contribution in [2.24, 2.45) is 0 Å². The molecule has 0 spiro atoms. The van der Waals surface area contributed by atoms with Gasteiger partial charge in [0.15, 0.2) is 0 Å². The predicted molar refractivity (Wildman–Crippen MR) is 59.1 cm³/mol. The predicted octanol–water partition coefficient (Wildman–Crippen LogP) is 2.21. The maximum Gasteiger partial charge on any atom is 0.248 e. The van der Waals surface area contributed by atoms with Gasteiger partial charge in [0.25, 0.3) is 0 Å². The molecule has 0 radical (unpaired) electrons. The average molecular weight is 225 g/mol. The second-order valence-electron chi connectivity index (χ2n) is 4.51. The van der Waals surface area contributed by atoms with Crippen LogP contribution in [0, 0.1) is 5.82 Å². The van der Waals surface area contributed by atoms with Crippen molar-refractivity contribution < 1.29 is 14.0 Å². The van der Waals surface area contributed by atoms with Crippen LogP contribution in [0.4, 0.5) is 4.39 Å². The SMILES string of the molecule is CC(C)(C)ONC(=O)Cc1ccccc1F. The molecule has 1 aromatic carbocycles. The molecule has 1 amide bonds. The lowest BCUT2D eigenvalue weighted by Gasteiger charge is -2.18.